The molecule has 0 aliphatic carbocycles. The normalized spacial score (nSPS) is 13.6. The molecule has 0 spiro atoms. The van der Waals surface area contributed by atoms with Crippen LogP contribution in [0, 0.1) is 12.8 Å². The van der Waals surface area contributed by atoms with Gasteiger partial charge in [0.25, 0.3) is 5.91 Å². The van der Waals surface area contributed by atoms with Crippen molar-refractivity contribution in [2.24, 2.45) is 11.7 Å². The molecule has 2 aromatic rings. The van der Waals surface area contributed by atoms with E-state index in [9.17, 15) is 41.1 Å². The second kappa shape index (κ2) is 9.87. The number of primary amides is 1. The van der Waals surface area contributed by atoms with Crippen molar-refractivity contribution in [3.8, 4) is 0 Å². The van der Waals surface area contributed by atoms with Gasteiger partial charge in [-0.2, -0.15) is 22.0 Å². The van der Waals surface area contributed by atoms with Crippen molar-refractivity contribution in [1.29, 1.82) is 0 Å². The van der Waals surface area contributed by atoms with Crippen LogP contribution in [-0.4, -0.2) is 29.8 Å². The highest BCUT2D eigenvalue weighted by Crippen LogP contribution is 2.44. The molecule has 34 heavy (non-hydrogen) atoms. The van der Waals surface area contributed by atoms with Crippen LogP contribution in [0.25, 0.3) is 0 Å². The van der Waals surface area contributed by atoms with E-state index >= 15 is 0 Å². The van der Waals surface area contributed by atoms with Gasteiger partial charge in [0.05, 0.1) is 17.4 Å². The van der Waals surface area contributed by atoms with E-state index in [0.29, 0.717) is 12.1 Å². The molecule has 4 N–H and O–H groups in total. The van der Waals surface area contributed by atoms with Crippen LogP contribution >= 0.6 is 11.3 Å². The Labute approximate surface area is 194 Å². The van der Waals surface area contributed by atoms with Gasteiger partial charge in [-0.3, -0.25) is 24.5 Å². The Bertz CT molecular complexity index is 1130. The van der Waals surface area contributed by atoms with Gasteiger partial charge in [0.2, 0.25) is 17.7 Å². The van der Waals surface area contributed by atoms with Crippen LogP contribution in [-0.2, 0) is 20.3 Å². The van der Waals surface area contributed by atoms with Crippen molar-refractivity contribution in [3.05, 3.63) is 51.2 Å². The number of rotatable bonds is 7. The Balaban J connectivity index is 2.39. The first kappa shape index (κ1) is 26.9. The number of aryl methyl sites for hydroxylation is 1. The quantitative estimate of drug-likeness (QED) is 0.496. The summed E-state index contributed by atoms with van der Waals surface area (Å²) in [6.45, 7) is 3.66. The number of imide groups is 1. The highest BCUT2D eigenvalue weighted by atomic mass is 32.1. The lowest BCUT2D eigenvalue weighted by atomic mass is 9.89. The second-order valence-corrected chi connectivity index (χ2v) is 8.42. The van der Waals surface area contributed by atoms with E-state index < -0.39 is 53.1 Å². The number of thiophene rings is 1. The summed E-state index contributed by atoms with van der Waals surface area (Å²) in [4.78, 5) is 48.6. The predicted octanol–water partition coefficient (Wildman–Crippen LogP) is 3.83. The molecule has 184 valence electrons. The van der Waals surface area contributed by atoms with Crippen LogP contribution in [0.4, 0.5) is 27.6 Å². The maximum atomic E-state index is 13.6. The molecule has 0 fully saturated rings. The van der Waals surface area contributed by atoms with Crippen LogP contribution in [0.1, 0.15) is 46.1 Å². The number of hydrogen-bond donors (Lipinski definition) is 3. The number of anilines is 1. The molecule has 4 amide bonds. The molecule has 1 aromatic carbocycles. The zero-order chi connectivity index (χ0) is 26.0. The average Bonchev–Trinajstić information content (AvgIpc) is 3.17. The maximum Gasteiger partial charge on any atom is 0.458 e. The molecule has 0 saturated heterocycles. The maximum absolute atomic E-state index is 13.6. The fraction of sp³-hybridized carbons (Fsp3) is 0.333. The van der Waals surface area contributed by atoms with E-state index in [1.165, 1.54) is 25.3 Å². The Hall–Kier alpha value is -3.35. The zero-order valence-corrected chi connectivity index (χ0v) is 18.9. The number of benzene rings is 1. The minimum Gasteiger partial charge on any atom is -0.369 e. The van der Waals surface area contributed by atoms with Crippen molar-refractivity contribution in [1.82, 2.24) is 5.32 Å². The summed E-state index contributed by atoms with van der Waals surface area (Å²) in [7, 11) is 0. The lowest BCUT2D eigenvalue weighted by molar-refractivity contribution is -0.289. The number of halogens is 5. The van der Waals surface area contributed by atoms with Crippen molar-refractivity contribution in [3.63, 3.8) is 0 Å². The van der Waals surface area contributed by atoms with E-state index in [-0.39, 0.29) is 21.7 Å². The standard InChI is InChI=1S/C21H20F5N3O4S/c1-9-8-12(20(22,23)21(24,25)26)4-5-14(9)29-18(32)13-6-7-34-16(13)15(10(2)17(27)31)19(33)28-11(3)30/h4-8,10,15H,1-3H3,(H2,27,31)(H,29,32)(H,28,30,33). The lowest BCUT2D eigenvalue weighted by Gasteiger charge is -2.22. The molecular formula is C21H20F5N3O4S. The Morgan fingerprint density at radius 2 is 1.68 bits per heavy atom. The SMILES string of the molecule is CC(=O)NC(=O)C(c1sccc1C(=O)Nc1ccc(C(F)(F)C(F)(F)F)cc1C)C(C)C(N)=O. The fourth-order valence-electron chi connectivity index (χ4n) is 3.09. The minimum absolute atomic E-state index is 0.0449. The summed E-state index contributed by atoms with van der Waals surface area (Å²) in [5, 5.41) is 5.90. The number of amides is 4. The number of alkyl halides is 5. The van der Waals surface area contributed by atoms with Crippen molar-refractivity contribution in [2.45, 2.75) is 38.8 Å². The molecule has 2 atom stereocenters. The summed E-state index contributed by atoms with van der Waals surface area (Å²) in [6, 6.07) is 3.39. The van der Waals surface area contributed by atoms with Gasteiger partial charge < -0.3 is 11.1 Å². The number of hydrogen-bond acceptors (Lipinski definition) is 5. The first-order valence-electron chi connectivity index (χ1n) is 9.63. The Morgan fingerprint density at radius 3 is 2.18 bits per heavy atom. The van der Waals surface area contributed by atoms with E-state index in [1.807, 2.05) is 0 Å². The molecule has 7 nitrogen and oxygen atoms in total. The van der Waals surface area contributed by atoms with Gasteiger partial charge in [0.15, 0.2) is 0 Å². The zero-order valence-electron chi connectivity index (χ0n) is 18.0. The largest absolute Gasteiger partial charge is 0.458 e. The summed E-state index contributed by atoms with van der Waals surface area (Å²) in [5.74, 6) is -10.7. The first-order valence-corrected chi connectivity index (χ1v) is 10.5. The Kier molecular flexibility index (Phi) is 7.81. The lowest BCUT2D eigenvalue weighted by Crippen LogP contribution is -2.39. The predicted molar refractivity (Wildman–Crippen MR) is 113 cm³/mol. The van der Waals surface area contributed by atoms with E-state index in [0.717, 1.165) is 24.3 Å². The van der Waals surface area contributed by atoms with Crippen LogP contribution < -0.4 is 16.4 Å². The topological polar surface area (TPSA) is 118 Å². The number of nitrogens with two attached hydrogens (primary N) is 1. The number of nitrogens with one attached hydrogen (secondary N) is 2. The monoisotopic (exact) mass is 505 g/mol. The van der Waals surface area contributed by atoms with Gasteiger partial charge in [0, 0.05) is 23.1 Å². The molecule has 0 aliphatic heterocycles. The summed E-state index contributed by atoms with van der Waals surface area (Å²) >= 11 is 0.946. The van der Waals surface area contributed by atoms with E-state index in [1.54, 1.807) is 0 Å². The number of carbonyl (C=O) groups is 4. The van der Waals surface area contributed by atoms with Gasteiger partial charge >= 0.3 is 12.1 Å². The van der Waals surface area contributed by atoms with E-state index in [2.05, 4.69) is 10.6 Å². The van der Waals surface area contributed by atoms with Gasteiger partial charge in [-0.1, -0.05) is 13.0 Å². The van der Waals surface area contributed by atoms with Crippen LogP contribution in [0.2, 0.25) is 0 Å². The third-order valence-electron chi connectivity index (χ3n) is 4.95. The third kappa shape index (κ3) is 5.58. The average molecular weight is 505 g/mol. The molecule has 1 aromatic heterocycles. The molecular weight excluding hydrogens is 485 g/mol. The highest BCUT2D eigenvalue weighted by molar-refractivity contribution is 7.10. The number of carbonyl (C=O) groups excluding carboxylic acids is 4. The highest BCUT2D eigenvalue weighted by Gasteiger charge is 2.58. The van der Waals surface area contributed by atoms with E-state index in [4.69, 9.17) is 5.73 Å². The van der Waals surface area contributed by atoms with Gasteiger partial charge in [-0.15, -0.1) is 11.3 Å². The van der Waals surface area contributed by atoms with Crippen LogP contribution in [0.15, 0.2) is 29.6 Å². The van der Waals surface area contributed by atoms with Crippen molar-refractivity contribution < 1.29 is 41.1 Å². The van der Waals surface area contributed by atoms with Gasteiger partial charge in [-0.25, -0.2) is 0 Å². The molecule has 2 rings (SSSR count). The summed E-state index contributed by atoms with van der Waals surface area (Å²) in [5.41, 5.74) is 3.86. The molecule has 0 bridgehead atoms. The van der Waals surface area contributed by atoms with Gasteiger partial charge in [0.1, 0.15) is 0 Å². The molecule has 0 radical (unpaired) electrons. The molecule has 0 aliphatic rings. The van der Waals surface area contributed by atoms with Crippen molar-refractivity contribution >= 4 is 40.7 Å². The smallest absolute Gasteiger partial charge is 0.369 e. The molecule has 1 heterocycles. The second-order valence-electron chi connectivity index (χ2n) is 7.47. The first-order chi connectivity index (χ1) is 15.6. The molecule has 0 saturated carbocycles. The third-order valence-corrected chi connectivity index (χ3v) is 5.95. The van der Waals surface area contributed by atoms with Crippen LogP contribution in [0.3, 0.4) is 0 Å². The molecule has 2 unspecified atom stereocenters. The molecule has 13 heteroatoms. The van der Waals surface area contributed by atoms with Crippen LogP contribution in [0.5, 0.6) is 0 Å². The minimum atomic E-state index is -5.79. The fourth-order valence-corrected chi connectivity index (χ4v) is 4.19. The summed E-state index contributed by atoms with van der Waals surface area (Å²) < 4.78 is 65.1. The summed E-state index contributed by atoms with van der Waals surface area (Å²) in [6.07, 6.45) is -5.79. The van der Waals surface area contributed by atoms with Gasteiger partial charge in [-0.05, 0) is 36.1 Å². The van der Waals surface area contributed by atoms with Crippen molar-refractivity contribution in [2.75, 3.05) is 5.32 Å². The Morgan fingerprint density at radius 1 is 1.06 bits per heavy atom.